The smallest absolute Gasteiger partial charge is 0.0692 e. The molecule has 0 rings (SSSR count). The van der Waals surface area contributed by atoms with E-state index in [2.05, 4.69) is 0 Å². The lowest BCUT2D eigenvalue weighted by Crippen LogP contribution is -2.12. The van der Waals surface area contributed by atoms with Crippen molar-refractivity contribution < 1.29 is 5.11 Å². The minimum atomic E-state index is -0.444. The average Bonchev–Trinajstić information content (AvgIpc) is 1.67. The summed E-state index contributed by atoms with van der Waals surface area (Å²) >= 11 is 0. The maximum absolute atomic E-state index is 8.90. The van der Waals surface area contributed by atoms with E-state index in [0.29, 0.717) is 0 Å². The predicted octanol–water partition coefficient (Wildman–Crippen LogP) is 0.917. The molecule has 0 aliphatic rings. The summed E-state index contributed by atoms with van der Waals surface area (Å²) in [5, 5.41) is 17.0. The second-order valence-electron chi connectivity index (χ2n) is 2.17. The van der Waals surface area contributed by atoms with Crippen LogP contribution in [0.25, 0.3) is 0 Å². The van der Waals surface area contributed by atoms with Crippen LogP contribution < -0.4 is 0 Å². The Morgan fingerprint density at radius 3 is 2.25 bits per heavy atom. The van der Waals surface area contributed by atoms with Gasteiger partial charge in [0.05, 0.1) is 18.6 Å². The van der Waals surface area contributed by atoms with Crippen molar-refractivity contribution in [1.82, 2.24) is 0 Å². The van der Waals surface area contributed by atoms with Gasteiger partial charge in [-0.3, -0.25) is 0 Å². The second kappa shape index (κ2) is 3.45. The van der Waals surface area contributed by atoms with Crippen molar-refractivity contribution in [3.05, 3.63) is 0 Å². The lowest BCUT2D eigenvalue weighted by molar-refractivity contribution is 0.130. The second-order valence-corrected chi connectivity index (χ2v) is 2.17. The predicted molar refractivity (Wildman–Crippen MR) is 31.1 cm³/mol. The molecule has 0 aromatic carbocycles. The molecular weight excluding hydrogens is 102 g/mol. The zero-order valence-electron chi connectivity index (χ0n) is 5.26. The Hall–Kier alpha value is -0.550. The van der Waals surface area contributed by atoms with Gasteiger partial charge in [0.25, 0.3) is 0 Å². The molecule has 0 aromatic rings. The summed E-state index contributed by atoms with van der Waals surface area (Å²) in [5.41, 5.74) is 0. The van der Waals surface area contributed by atoms with Gasteiger partial charge in [0.2, 0.25) is 0 Å². The van der Waals surface area contributed by atoms with Gasteiger partial charge in [-0.05, 0) is 5.92 Å². The number of aliphatic hydroxyl groups excluding tert-OH is 1. The number of nitriles is 1. The first-order valence-corrected chi connectivity index (χ1v) is 2.73. The van der Waals surface area contributed by atoms with Crippen molar-refractivity contribution in [2.75, 3.05) is 0 Å². The molecule has 0 amide bonds. The van der Waals surface area contributed by atoms with E-state index in [0.717, 1.165) is 0 Å². The van der Waals surface area contributed by atoms with E-state index in [1.165, 1.54) is 0 Å². The molecule has 8 heavy (non-hydrogen) atoms. The fourth-order valence-corrected chi connectivity index (χ4v) is 0.329. The normalized spacial score (nSPS) is 13.4. The van der Waals surface area contributed by atoms with Crippen LogP contribution in [0.5, 0.6) is 0 Å². The van der Waals surface area contributed by atoms with Gasteiger partial charge in [-0.15, -0.1) is 0 Å². The summed E-state index contributed by atoms with van der Waals surface area (Å²) in [4.78, 5) is 0. The molecular formula is C6H11NO. The molecule has 0 saturated heterocycles. The summed E-state index contributed by atoms with van der Waals surface area (Å²) in [5.74, 6) is 0.203. The summed E-state index contributed by atoms with van der Waals surface area (Å²) in [7, 11) is 0. The average molecular weight is 113 g/mol. The lowest BCUT2D eigenvalue weighted by atomic mass is 10.1. The molecule has 1 atom stereocenters. The monoisotopic (exact) mass is 113 g/mol. The highest BCUT2D eigenvalue weighted by molar-refractivity contribution is 4.76. The number of nitrogens with zero attached hydrogens (tertiary/aromatic N) is 1. The quantitative estimate of drug-likeness (QED) is 0.578. The van der Waals surface area contributed by atoms with Crippen LogP contribution in [0.4, 0.5) is 0 Å². The third-order valence-electron chi connectivity index (χ3n) is 1.07. The molecule has 0 radical (unpaired) electrons. The fraction of sp³-hybridized carbons (Fsp3) is 0.833. The first-order valence-electron chi connectivity index (χ1n) is 2.73. The molecule has 0 saturated carbocycles. The van der Waals surface area contributed by atoms with E-state index in [4.69, 9.17) is 10.4 Å². The Morgan fingerprint density at radius 2 is 2.12 bits per heavy atom. The number of aliphatic hydroxyl groups is 1. The summed E-state index contributed by atoms with van der Waals surface area (Å²) in [6.07, 6.45) is -0.197. The van der Waals surface area contributed by atoms with Crippen LogP contribution in [0, 0.1) is 17.2 Å². The van der Waals surface area contributed by atoms with Crippen molar-refractivity contribution in [1.29, 1.82) is 5.26 Å². The van der Waals surface area contributed by atoms with Crippen LogP contribution in [0.1, 0.15) is 20.3 Å². The van der Waals surface area contributed by atoms with Crippen molar-refractivity contribution in [2.24, 2.45) is 5.92 Å². The molecule has 0 heterocycles. The van der Waals surface area contributed by atoms with Gasteiger partial charge in [-0.25, -0.2) is 0 Å². The first kappa shape index (κ1) is 7.45. The maximum atomic E-state index is 8.90. The third-order valence-corrected chi connectivity index (χ3v) is 1.07. The molecule has 46 valence electrons. The Morgan fingerprint density at radius 1 is 1.62 bits per heavy atom. The van der Waals surface area contributed by atoms with E-state index in [1.54, 1.807) is 0 Å². The van der Waals surface area contributed by atoms with Gasteiger partial charge in [0.15, 0.2) is 0 Å². The summed E-state index contributed by atoms with van der Waals surface area (Å²) < 4.78 is 0. The van der Waals surface area contributed by atoms with Gasteiger partial charge in [-0.1, -0.05) is 13.8 Å². The van der Waals surface area contributed by atoms with Crippen LogP contribution in [-0.2, 0) is 0 Å². The van der Waals surface area contributed by atoms with Gasteiger partial charge in [0.1, 0.15) is 0 Å². The molecule has 2 heteroatoms. The SMILES string of the molecule is CC(C)[C@H](O)CC#N. The molecule has 2 nitrogen and oxygen atoms in total. The fourth-order valence-electron chi connectivity index (χ4n) is 0.329. The molecule has 0 aliphatic carbocycles. The van der Waals surface area contributed by atoms with Crippen molar-refractivity contribution >= 4 is 0 Å². The summed E-state index contributed by atoms with van der Waals surface area (Å²) in [6, 6.07) is 1.90. The first-order chi connectivity index (χ1) is 3.68. The van der Waals surface area contributed by atoms with Gasteiger partial charge < -0.3 is 5.11 Å². The van der Waals surface area contributed by atoms with Gasteiger partial charge >= 0.3 is 0 Å². The number of hydrogen-bond acceptors (Lipinski definition) is 2. The Labute approximate surface area is 49.8 Å². The highest BCUT2D eigenvalue weighted by Gasteiger charge is 2.06. The van der Waals surface area contributed by atoms with E-state index >= 15 is 0 Å². The zero-order chi connectivity index (χ0) is 6.57. The minimum Gasteiger partial charge on any atom is -0.392 e. The largest absolute Gasteiger partial charge is 0.392 e. The standard InChI is InChI=1S/C6H11NO/c1-5(2)6(8)3-4-7/h5-6,8H,3H2,1-2H3/t6-/m1/s1. The Balaban J connectivity index is 3.35. The lowest BCUT2D eigenvalue weighted by Gasteiger charge is -2.08. The molecule has 0 bridgehead atoms. The minimum absolute atomic E-state index is 0.203. The van der Waals surface area contributed by atoms with E-state index in [9.17, 15) is 0 Å². The van der Waals surface area contributed by atoms with E-state index < -0.39 is 6.10 Å². The van der Waals surface area contributed by atoms with Crippen LogP contribution in [0.3, 0.4) is 0 Å². The molecule has 0 aromatic heterocycles. The highest BCUT2D eigenvalue weighted by Crippen LogP contribution is 2.02. The molecule has 0 spiro atoms. The topological polar surface area (TPSA) is 44.0 Å². The van der Waals surface area contributed by atoms with Crippen LogP contribution >= 0.6 is 0 Å². The van der Waals surface area contributed by atoms with E-state index in [1.807, 2.05) is 19.9 Å². The van der Waals surface area contributed by atoms with Crippen molar-refractivity contribution in [3.63, 3.8) is 0 Å². The maximum Gasteiger partial charge on any atom is 0.0692 e. The molecule has 0 unspecified atom stereocenters. The Bertz CT molecular complexity index is 93.2. The van der Waals surface area contributed by atoms with Gasteiger partial charge in [0, 0.05) is 0 Å². The number of rotatable bonds is 2. The Kier molecular flexibility index (Phi) is 3.21. The summed E-state index contributed by atoms with van der Waals surface area (Å²) in [6.45, 7) is 3.78. The molecule has 0 aliphatic heterocycles. The van der Waals surface area contributed by atoms with Crippen LogP contribution in [-0.4, -0.2) is 11.2 Å². The third kappa shape index (κ3) is 2.59. The molecule has 1 N–H and O–H groups in total. The van der Waals surface area contributed by atoms with Crippen molar-refractivity contribution in [3.8, 4) is 6.07 Å². The van der Waals surface area contributed by atoms with E-state index in [-0.39, 0.29) is 12.3 Å². The van der Waals surface area contributed by atoms with Gasteiger partial charge in [-0.2, -0.15) is 5.26 Å². The highest BCUT2D eigenvalue weighted by atomic mass is 16.3. The molecule has 0 fully saturated rings. The zero-order valence-corrected chi connectivity index (χ0v) is 5.26. The van der Waals surface area contributed by atoms with Crippen LogP contribution in [0.15, 0.2) is 0 Å². The van der Waals surface area contributed by atoms with Crippen LogP contribution in [0.2, 0.25) is 0 Å². The van der Waals surface area contributed by atoms with Crippen molar-refractivity contribution in [2.45, 2.75) is 26.4 Å². The number of hydrogen-bond donors (Lipinski definition) is 1.